The monoisotopic (exact) mass is 229 g/mol. The molecule has 0 aliphatic rings. The van der Waals surface area contributed by atoms with Crippen LogP contribution in [-0.4, -0.2) is 4.98 Å². The van der Waals surface area contributed by atoms with E-state index in [2.05, 4.69) is 56.1 Å². The Bertz CT molecular complexity index is 434. The van der Waals surface area contributed by atoms with Crippen LogP contribution in [0.5, 0.6) is 0 Å². The number of aromatic nitrogens is 1. The van der Waals surface area contributed by atoms with Crippen molar-refractivity contribution in [2.24, 2.45) is 0 Å². The SMILES string of the molecule is CCC.CCCCc1ccc2ccccc2n1. The second kappa shape index (κ2) is 7.83. The van der Waals surface area contributed by atoms with Crippen LogP contribution < -0.4 is 0 Å². The molecule has 0 aliphatic carbocycles. The third kappa shape index (κ3) is 4.56. The summed E-state index contributed by atoms with van der Waals surface area (Å²) in [5.74, 6) is 0. The predicted molar refractivity (Wildman–Crippen MR) is 76.3 cm³/mol. The molecule has 2 rings (SSSR count). The number of benzene rings is 1. The minimum absolute atomic E-state index is 1.10. The van der Waals surface area contributed by atoms with Gasteiger partial charge in [-0.2, -0.15) is 0 Å². The van der Waals surface area contributed by atoms with E-state index in [0.29, 0.717) is 0 Å². The third-order valence-corrected chi connectivity index (χ3v) is 2.44. The molecule has 0 spiro atoms. The standard InChI is InChI=1S/C13H15N.C3H8/c1-2-3-7-12-10-9-11-6-4-5-8-13(11)14-12;1-3-2/h4-6,8-10H,2-3,7H2,1H3;3H2,1-2H3. The van der Waals surface area contributed by atoms with Gasteiger partial charge in [0.1, 0.15) is 0 Å². The zero-order chi connectivity index (χ0) is 12.5. The molecule has 1 heteroatoms. The summed E-state index contributed by atoms with van der Waals surface area (Å²) in [5, 5.41) is 1.23. The molecule has 0 unspecified atom stereocenters. The van der Waals surface area contributed by atoms with Crippen molar-refractivity contribution in [2.45, 2.75) is 46.5 Å². The normalized spacial score (nSPS) is 9.82. The maximum Gasteiger partial charge on any atom is 0.0705 e. The second-order valence-electron chi connectivity index (χ2n) is 4.31. The molecule has 2 aromatic rings. The zero-order valence-electron chi connectivity index (χ0n) is 11.2. The topological polar surface area (TPSA) is 12.9 Å². The molecular weight excluding hydrogens is 206 g/mol. The van der Waals surface area contributed by atoms with Crippen molar-refractivity contribution in [3.63, 3.8) is 0 Å². The molecule has 0 fully saturated rings. The highest BCUT2D eigenvalue weighted by atomic mass is 14.7. The van der Waals surface area contributed by atoms with Gasteiger partial charge in [0, 0.05) is 11.1 Å². The Hall–Kier alpha value is -1.37. The molecule has 0 atom stereocenters. The van der Waals surface area contributed by atoms with Crippen molar-refractivity contribution in [2.75, 3.05) is 0 Å². The quantitative estimate of drug-likeness (QED) is 0.722. The van der Waals surface area contributed by atoms with Gasteiger partial charge in [-0.1, -0.05) is 57.9 Å². The molecule has 1 nitrogen and oxygen atoms in total. The largest absolute Gasteiger partial charge is 0.253 e. The molecule has 17 heavy (non-hydrogen) atoms. The van der Waals surface area contributed by atoms with Gasteiger partial charge in [0.25, 0.3) is 0 Å². The molecule has 0 saturated carbocycles. The summed E-state index contributed by atoms with van der Waals surface area (Å²) in [4.78, 5) is 4.61. The fourth-order valence-corrected chi connectivity index (χ4v) is 1.61. The van der Waals surface area contributed by atoms with Gasteiger partial charge in [-0.25, -0.2) is 0 Å². The average Bonchev–Trinajstić information content (AvgIpc) is 2.37. The van der Waals surface area contributed by atoms with E-state index in [-0.39, 0.29) is 0 Å². The molecule has 1 heterocycles. The number of para-hydroxylation sites is 1. The van der Waals surface area contributed by atoms with Crippen LogP contribution in [0.1, 0.15) is 45.7 Å². The van der Waals surface area contributed by atoms with E-state index < -0.39 is 0 Å². The Morgan fingerprint density at radius 1 is 0.941 bits per heavy atom. The molecular formula is C16H23N. The van der Waals surface area contributed by atoms with Crippen LogP contribution in [0.3, 0.4) is 0 Å². The van der Waals surface area contributed by atoms with Gasteiger partial charge < -0.3 is 0 Å². The number of unbranched alkanes of at least 4 members (excludes halogenated alkanes) is 1. The molecule has 0 N–H and O–H groups in total. The van der Waals surface area contributed by atoms with Gasteiger partial charge in [0.05, 0.1) is 5.52 Å². The molecule has 0 radical (unpaired) electrons. The van der Waals surface area contributed by atoms with Crippen molar-refractivity contribution in [3.8, 4) is 0 Å². The fourth-order valence-electron chi connectivity index (χ4n) is 1.61. The number of hydrogen-bond donors (Lipinski definition) is 0. The second-order valence-corrected chi connectivity index (χ2v) is 4.31. The van der Waals surface area contributed by atoms with Gasteiger partial charge in [-0.15, -0.1) is 0 Å². The third-order valence-electron chi connectivity index (χ3n) is 2.44. The van der Waals surface area contributed by atoms with Gasteiger partial charge in [0.15, 0.2) is 0 Å². The molecule has 0 bridgehead atoms. The maximum absolute atomic E-state index is 4.61. The first-order valence-electron chi connectivity index (χ1n) is 6.66. The summed E-state index contributed by atoms with van der Waals surface area (Å²) >= 11 is 0. The van der Waals surface area contributed by atoms with Gasteiger partial charge in [-0.3, -0.25) is 4.98 Å². The lowest BCUT2D eigenvalue weighted by atomic mass is 10.1. The Morgan fingerprint density at radius 3 is 2.35 bits per heavy atom. The van der Waals surface area contributed by atoms with E-state index >= 15 is 0 Å². The molecule has 1 aromatic heterocycles. The van der Waals surface area contributed by atoms with Crippen molar-refractivity contribution >= 4 is 10.9 Å². The number of aryl methyl sites for hydroxylation is 1. The van der Waals surface area contributed by atoms with Crippen molar-refractivity contribution in [1.29, 1.82) is 0 Å². The van der Waals surface area contributed by atoms with Crippen LogP contribution in [0.2, 0.25) is 0 Å². The number of rotatable bonds is 3. The fraction of sp³-hybridized carbons (Fsp3) is 0.438. The summed E-state index contributed by atoms with van der Waals surface area (Å²) in [6.07, 6.45) is 4.81. The summed E-state index contributed by atoms with van der Waals surface area (Å²) < 4.78 is 0. The zero-order valence-corrected chi connectivity index (χ0v) is 11.2. The number of hydrogen-bond acceptors (Lipinski definition) is 1. The van der Waals surface area contributed by atoms with E-state index in [0.717, 1.165) is 11.9 Å². The average molecular weight is 229 g/mol. The summed E-state index contributed by atoms with van der Waals surface area (Å²) in [6, 6.07) is 12.6. The van der Waals surface area contributed by atoms with Gasteiger partial charge in [-0.05, 0) is 25.0 Å². The highest BCUT2D eigenvalue weighted by Gasteiger charge is 1.96. The van der Waals surface area contributed by atoms with Crippen LogP contribution in [0.25, 0.3) is 10.9 Å². The number of nitrogens with zero attached hydrogens (tertiary/aromatic N) is 1. The lowest BCUT2D eigenvalue weighted by Gasteiger charge is -2.01. The van der Waals surface area contributed by atoms with Crippen LogP contribution in [0, 0.1) is 0 Å². The minimum Gasteiger partial charge on any atom is -0.253 e. The number of pyridine rings is 1. The summed E-state index contributed by atoms with van der Waals surface area (Å²) in [7, 11) is 0. The van der Waals surface area contributed by atoms with Crippen LogP contribution in [0.15, 0.2) is 36.4 Å². The smallest absolute Gasteiger partial charge is 0.0705 e. The Balaban J connectivity index is 0.000000437. The van der Waals surface area contributed by atoms with Crippen LogP contribution in [0.4, 0.5) is 0 Å². The van der Waals surface area contributed by atoms with E-state index in [1.165, 1.54) is 30.3 Å². The predicted octanol–water partition coefficient (Wildman–Crippen LogP) is 4.99. The molecule has 0 aliphatic heterocycles. The van der Waals surface area contributed by atoms with Crippen molar-refractivity contribution in [1.82, 2.24) is 4.98 Å². The Morgan fingerprint density at radius 2 is 1.65 bits per heavy atom. The van der Waals surface area contributed by atoms with E-state index in [4.69, 9.17) is 0 Å². The van der Waals surface area contributed by atoms with E-state index in [9.17, 15) is 0 Å². The van der Waals surface area contributed by atoms with Crippen LogP contribution >= 0.6 is 0 Å². The van der Waals surface area contributed by atoms with Gasteiger partial charge >= 0.3 is 0 Å². The minimum atomic E-state index is 1.10. The lowest BCUT2D eigenvalue weighted by Crippen LogP contribution is -1.89. The van der Waals surface area contributed by atoms with Crippen LogP contribution in [-0.2, 0) is 6.42 Å². The highest BCUT2D eigenvalue weighted by molar-refractivity contribution is 5.78. The summed E-state index contributed by atoms with van der Waals surface area (Å²) in [5.41, 5.74) is 2.33. The first-order valence-corrected chi connectivity index (χ1v) is 6.66. The summed E-state index contributed by atoms with van der Waals surface area (Å²) in [6.45, 7) is 6.46. The first kappa shape index (κ1) is 13.7. The molecule has 1 aromatic carbocycles. The molecule has 92 valence electrons. The molecule has 0 amide bonds. The van der Waals surface area contributed by atoms with Gasteiger partial charge in [0.2, 0.25) is 0 Å². The van der Waals surface area contributed by atoms with Crippen molar-refractivity contribution < 1.29 is 0 Å². The van der Waals surface area contributed by atoms with Crippen molar-refractivity contribution in [3.05, 3.63) is 42.1 Å². The Labute approximate surface area is 105 Å². The maximum atomic E-state index is 4.61. The first-order chi connectivity index (χ1) is 8.31. The number of fused-ring (bicyclic) bond motifs is 1. The lowest BCUT2D eigenvalue weighted by molar-refractivity contribution is 0.780. The Kier molecular flexibility index (Phi) is 6.31. The molecule has 0 saturated heterocycles. The van der Waals surface area contributed by atoms with E-state index in [1.54, 1.807) is 0 Å². The van der Waals surface area contributed by atoms with E-state index in [1.807, 2.05) is 6.07 Å². The highest BCUT2D eigenvalue weighted by Crippen LogP contribution is 2.12.